The molecule has 1 aromatic rings. The number of hydrogen-bond acceptors (Lipinski definition) is 4. The van der Waals surface area contributed by atoms with E-state index in [1.807, 2.05) is 30.3 Å². The van der Waals surface area contributed by atoms with Crippen molar-refractivity contribution in [1.29, 1.82) is 0 Å². The second kappa shape index (κ2) is 8.73. The van der Waals surface area contributed by atoms with E-state index in [0.29, 0.717) is 6.42 Å². The number of carbonyl (C=O) groups excluding carboxylic acids is 1. The van der Waals surface area contributed by atoms with Gasteiger partial charge in [0.05, 0.1) is 6.04 Å². The van der Waals surface area contributed by atoms with Crippen molar-refractivity contribution >= 4 is 17.8 Å². The molecule has 1 aromatic carbocycles. The van der Waals surface area contributed by atoms with E-state index in [1.165, 1.54) is 4.90 Å². The van der Waals surface area contributed by atoms with Gasteiger partial charge < -0.3 is 15.1 Å². The first-order valence-corrected chi connectivity index (χ1v) is 9.96. The van der Waals surface area contributed by atoms with Gasteiger partial charge in [0, 0.05) is 6.04 Å². The topological polar surface area (TPSA) is 107 Å². The first-order valence-electron chi connectivity index (χ1n) is 9.96. The third kappa shape index (κ3) is 4.35. The molecular weight excluding hydrogens is 360 g/mol. The van der Waals surface area contributed by atoms with E-state index in [2.05, 4.69) is 5.32 Å². The molecule has 5 atom stereocenters. The maximum absolute atomic E-state index is 13.1. The van der Waals surface area contributed by atoms with Crippen molar-refractivity contribution in [1.82, 2.24) is 10.2 Å². The van der Waals surface area contributed by atoms with Crippen molar-refractivity contribution in [2.24, 2.45) is 5.92 Å². The predicted octanol–water partition coefficient (Wildman–Crippen LogP) is 1.90. The Labute approximate surface area is 164 Å². The molecular formula is C21H28N2O5. The van der Waals surface area contributed by atoms with Crippen LogP contribution in [0.3, 0.4) is 0 Å². The zero-order chi connectivity index (χ0) is 20.3. The highest BCUT2D eigenvalue weighted by Gasteiger charge is 2.48. The fourth-order valence-corrected chi connectivity index (χ4v) is 4.66. The molecule has 28 heavy (non-hydrogen) atoms. The molecule has 2 fully saturated rings. The van der Waals surface area contributed by atoms with Gasteiger partial charge in [-0.3, -0.25) is 14.9 Å². The average molecular weight is 388 g/mol. The van der Waals surface area contributed by atoms with Crippen LogP contribution in [0.15, 0.2) is 30.3 Å². The van der Waals surface area contributed by atoms with E-state index in [4.69, 9.17) is 0 Å². The van der Waals surface area contributed by atoms with Gasteiger partial charge in [-0.1, -0.05) is 43.2 Å². The first kappa shape index (κ1) is 20.3. The number of benzene rings is 1. The number of fused-ring (bicyclic) bond motifs is 1. The molecule has 0 spiro atoms. The van der Waals surface area contributed by atoms with Gasteiger partial charge in [-0.15, -0.1) is 0 Å². The van der Waals surface area contributed by atoms with Crippen LogP contribution in [0.25, 0.3) is 0 Å². The minimum atomic E-state index is -1.03. The molecule has 0 aromatic heterocycles. The van der Waals surface area contributed by atoms with E-state index < -0.39 is 30.1 Å². The molecule has 1 amide bonds. The highest BCUT2D eigenvalue weighted by atomic mass is 16.4. The average Bonchev–Trinajstić information content (AvgIpc) is 3.07. The van der Waals surface area contributed by atoms with Gasteiger partial charge in [-0.25, -0.2) is 4.79 Å². The van der Waals surface area contributed by atoms with E-state index >= 15 is 0 Å². The summed E-state index contributed by atoms with van der Waals surface area (Å²) < 4.78 is 0. The molecule has 2 aliphatic rings. The van der Waals surface area contributed by atoms with Crippen molar-refractivity contribution < 1.29 is 24.6 Å². The molecule has 1 aliphatic heterocycles. The van der Waals surface area contributed by atoms with Crippen molar-refractivity contribution in [3.63, 3.8) is 0 Å². The molecule has 1 aliphatic carbocycles. The summed E-state index contributed by atoms with van der Waals surface area (Å²) in [7, 11) is 0. The lowest BCUT2D eigenvalue weighted by Gasteiger charge is -2.35. The van der Waals surface area contributed by atoms with Gasteiger partial charge in [-0.05, 0) is 44.1 Å². The molecule has 0 radical (unpaired) electrons. The molecule has 1 saturated carbocycles. The number of amides is 1. The molecule has 3 N–H and O–H groups in total. The Bertz CT molecular complexity index is 723. The van der Waals surface area contributed by atoms with Gasteiger partial charge in [0.2, 0.25) is 5.91 Å². The Kier molecular flexibility index (Phi) is 6.34. The first-order chi connectivity index (χ1) is 13.4. The van der Waals surface area contributed by atoms with Crippen LogP contribution in [0.4, 0.5) is 0 Å². The van der Waals surface area contributed by atoms with Crippen LogP contribution in [-0.4, -0.2) is 57.1 Å². The Hall–Kier alpha value is -2.41. The number of nitrogens with zero attached hydrogens (tertiary/aromatic N) is 1. The van der Waals surface area contributed by atoms with Crippen LogP contribution in [0.1, 0.15) is 44.6 Å². The van der Waals surface area contributed by atoms with E-state index in [1.54, 1.807) is 6.92 Å². The summed E-state index contributed by atoms with van der Waals surface area (Å²) in [6, 6.07) is 6.67. The molecule has 0 unspecified atom stereocenters. The molecule has 3 rings (SSSR count). The number of carboxylic acids is 2. The van der Waals surface area contributed by atoms with Crippen LogP contribution in [0.2, 0.25) is 0 Å². The van der Waals surface area contributed by atoms with Crippen molar-refractivity contribution in [3.05, 3.63) is 35.9 Å². The van der Waals surface area contributed by atoms with Crippen LogP contribution >= 0.6 is 0 Å². The molecule has 7 heteroatoms. The van der Waals surface area contributed by atoms with Crippen molar-refractivity contribution in [2.75, 3.05) is 0 Å². The predicted molar refractivity (Wildman–Crippen MR) is 103 cm³/mol. The van der Waals surface area contributed by atoms with Gasteiger partial charge in [0.1, 0.15) is 12.1 Å². The SMILES string of the molecule is C[C@H](N[C@@H](Cc1ccccc1)C(=O)O)C(=O)N1[C@H](C(=O)O)C[C@H]2CCCC[C@@H]21. The largest absolute Gasteiger partial charge is 0.480 e. The summed E-state index contributed by atoms with van der Waals surface area (Å²) in [6.07, 6.45) is 4.57. The van der Waals surface area contributed by atoms with Gasteiger partial charge in [0.15, 0.2) is 0 Å². The summed E-state index contributed by atoms with van der Waals surface area (Å²) in [5.74, 6) is -2.10. The highest BCUT2D eigenvalue weighted by Crippen LogP contribution is 2.40. The normalized spacial score (nSPS) is 26.3. The number of carbonyl (C=O) groups is 3. The van der Waals surface area contributed by atoms with Crippen LogP contribution in [-0.2, 0) is 20.8 Å². The van der Waals surface area contributed by atoms with E-state index in [0.717, 1.165) is 31.2 Å². The minimum Gasteiger partial charge on any atom is -0.480 e. The van der Waals surface area contributed by atoms with Crippen LogP contribution in [0.5, 0.6) is 0 Å². The molecule has 1 heterocycles. The summed E-state index contributed by atoms with van der Waals surface area (Å²) in [6.45, 7) is 1.62. The minimum absolute atomic E-state index is 0.0519. The Morgan fingerprint density at radius 2 is 1.82 bits per heavy atom. The van der Waals surface area contributed by atoms with Crippen molar-refractivity contribution in [2.45, 2.75) is 69.6 Å². The fraction of sp³-hybridized carbons (Fsp3) is 0.571. The van der Waals surface area contributed by atoms with Crippen LogP contribution < -0.4 is 5.32 Å². The lowest BCUT2D eigenvalue weighted by Crippen LogP contribution is -2.55. The maximum Gasteiger partial charge on any atom is 0.326 e. The quantitative estimate of drug-likeness (QED) is 0.659. The lowest BCUT2D eigenvalue weighted by molar-refractivity contribution is -0.151. The molecule has 152 valence electrons. The number of likely N-dealkylation sites (tertiary alicyclic amines) is 1. The monoisotopic (exact) mass is 388 g/mol. The van der Waals surface area contributed by atoms with Crippen LogP contribution in [0, 0.1) is 5.92 Å². The lowest BCUT2D eigenvalue weighted by atomic mass is 9.84. The Morgan fingerprint density at radius 1 is 1.14 bits per heavy atom. The number of nitrogens with one attached hydrogen (secondary N) is 1. The van der Waals surface area contributed by atoms with Gasteiger partial charge in [-0.2, -0.15) is 0 Å². The summed E-state index contributed by atoms with van der Waals surface area (Å²) >= 11 is 0. The summed E-state index contributed by atoms with van der Waals surface area (Å²) in [5, 5.41) is 22.1. The van der Waals surface area contributed by atoms with E-state index in [-0.39, 0.29) is 24.3 Å². The number of hydrogen-bond donors (Lipinski definition) is 3. The molecule has 7 nitrogen and oxygen atoms in total. The number of aliphatic carboxylic acids is 2. The molecule has 0 bridgehead atoms. The van der Waals surface area contributed by atoms with Gasteiger partial charge in [0.25, 0.3) is 0 Å². The molecule has 1 saturated heterocycles. The van der Waals surface area contributed by atoms with Crippen molar-refractivity contribution in [3.8, 4) is 0 Å². The zero-order valence-electron chi connectivity index (χ0n) is 16.1. The van der Waals surface area contributed by atoms with Gasteiger partial charge >= 0.3 is 11.9 Å². The standard InChI is InChI=1S/C21H28N2O5/c1-13(22-16(20(25)26)11-14-7-3-2-4-8-14)19(24)23-17-10-6-5-9-15(17)12-18(23)21(27)28/h2-4,7-8,13,15-18,22H,5-6,9-12H2,1H3,(H,25,26)(H,27,28)/t13-,15+,16-,17-,18-/m0/s1. The summed E-state index contributed by atoms with van der Waals surface area (Å²) in [5.41, 5.74) is 0.860. The Morgan fingerprint density at radius 3 is 2.46 bits per heavy atom. The number of rotatable bonds is 7. The van der Waals surface area contributed by atoms with E-state index in [9.17, 15) is 24.6 Å². The Balaban J connectivity index is 1.72. The third-order valence-corrected chi connectivity index (χ3v) is 6.03. The smallest absolute Gasteiger partial charge is 0.326 e. The second-order valence-electron chi connectivity index (χ2n) is 7.92. The fourth-order valence-electron chi connectivity index (χ4n) is 4.66. The number of carboxylic acid groups (broad SMARTS) is 2. The maximum atomic E-state index is 13.1. The zero-order valence-corrected chi connectivity index (χ0v) is 16.1. The highest BCUT2D eigenvalue weighted by molar-refractivity contribution is 5.88. The third-order valence-electron chi connectivity index (χ3n) is 6.03. The summed E-state index contributed by atoms with van der Waals surface area (Å²) in [4.78, 5) is 38.1. The second-order valence-corrected chi connectivity index (χ2v) is 7.92.